The normalized spacial score (nSPS) is 23.9. The van der Waals surface area contributed by atoms with Crippen molar-refractivity contribution in [1.29, 1.82) is 0 Å². The summed E-state index contributed by atoms with van der Waals surface area (Å²) in [6, 6.07) is 8.75. The maximum absolute atomic E-state index is 6.59. The summed E-state index contributed by atoms with van der Waals surface area (Å²) in [5, 5.41) is 2.18. The van der Waals surface area contributed by atoms with Crippen LogP contribution in [0.1, 0.15) is 47.1 Å². The van der Waals surface area contributed by atoms with Gasteiger partial charge in [0, 0.05) is 28.1 Å². The van der Waals surface area contributed by atoms with Gasteiger partial charge in [-0.1, -0.05) is 34.6 Å². The highest BCUT2D eigenvalue weighted by Gasteiger charge is 2.46. The van der Waals surface area contributed by atoms with E-state index in [0.717, 1.165) is 16.4 Å². The van der Waals surface area contributed by atoms with E-state index in [-0.39, 0.29) is 17.7 Å². The molecule has 1 fully saturated rings. The highest BCUT2D eigenvalue weighted by atomic mass is 16.5. The van der Waals surface area contributed by atoms with Gasteiger partial charge in [-0.2, -0.15) is 0 Å². The fourth-order valence-corrected chi connectivity index (χ4v) is 4.41. The maximum Gasteiger partial charge on any atom is 0.227 e. The van der Waals surface area contributed by atoms with E-state index in [9.17, 15) is 0 Å². The summed E-state index contributed by atoms with van der Waals surface area (Å²) >= 11 is 0. The minimum atomic E-state index is 0.0132. The Morgan fingerprint density at radius 1 is 1.15 bits per heavy atom. The zero-order chi connectivity index (χ0) is 19.5. The fourth-order valence-electron chi connectivity index (χ4n) is 4.41. The number of fused-ring (bicyclic) bond motifs is 3. The predicted molar refractivity (Wildman–Crippen MR) is 111 cm³/mol. The smallest absolute Gasteiger partial charge is 0.227 e. The van der Waals surface area contributed by atoms with Crippen molar-refractivity contribution in [2.75, 3.05) is 4.90 Å². The van der Waals surface area contributed by atoms with Gasteiger partial charge in [0.15, 0.2) is 0 Å². The molecule has 4 rings (SSSR count). The van der Waals surface area contributed by atoms with Crippen LogP contribution in [0, 0.1) is 18.3 Å². The molecule has 1 saturated heterocycles. The Bertz CT molecular complexity index is 983. The summed E-state index contributed by atoms with van der Waals surface area (Å²) in [4.78, 5) is 6.86. The second-order valence-corrected chi connectivity index (χ2v) is 9.30. The first-order chi connectivity index (χ1) is 12.7. The van der Waals surface area contributed by atoms with Gasteiger partial charge in [-0.25, -0.2) is 4.98 Å². The summed E-state index contributed by atoms with van der Waals surface area (Å²) in [6.07, 6.45) is 2.02. The molecule has 0 radical (unpaired) electrons. The Balaban J connectivity index is 1.90. The van der Waals surface area contributed by atoms with Crippen molar-refractivity contribution < 1.29 is 9.15 Å². The van der Waals surface area contributed by atoms with Gasteiger partial charge in [-0.15, -0.1) is 0 Å². The highest BCUT2D eigenvalue weighted by Crippen LogP contribution is 2.43. The van der Waals surface area contributed by atoms with E-state index in [0.29, 0.717) is 17.7 Å². The Morgan fingerprint density at radius 2 is 1.89 bits per heavy atom. The van der Waals surface area contributed by atoms with Crippen molar-refractivity contribution >= 4 is 27.8 Å². The van der Waals surface area contributed by atoms with Gasteiger partial charge in [0.25, 0.3) is 0 Å². The van der Waals surface area contributed by atoms with Gasteiger partial charge in [-0.3, -0.25) is 0 Å². The van der Waals surface area contributed by atoms with Crippen LogP contribution in [0.3, 0.4) is 0 Å². The topological polar surface area (TPSA) is 38.5 Å². The van der Waals surface area contributed by atoms with Crippen molar-refractivity contribution in [2.45, 2.75) is 66.8 Å². The zero-order valence-corrected chi connectivity index (χ0v) is 17.4. The number of rotatable bonds is 2. The van der Waals surface area contributed by atoms with Crippen LogP contribution in [-0.2, 0) is 4.74 Å². The van der Waals surface area contributed by atoms with Crippen LogP contribution in [0.15, 0.2) is 34.9 Å². The Labute approximate surface area is 161 Å². The molecule has 0 amide bonds. The van der Waals surface area contributed by atoms with E-state index in [1.807, 2.05) is 6.07 Å². The lowest BCUT2D eigenvalue weighted by Crippen LogP contribution is -2.44. The molecule has 144 valence electrons. The van der Waals surface area contributed by atoms with Crippen molar-refractivity contribution in [3.63, 3.8) is 0 Å². The molecular formula is C23H30N2O2. The van der Waals surface area contributed by atoms with E-state index < -0.39 is 0 Å². The molecule has 1 aromatic carbocycles. The third-order valence-electron chi connectivity index (χ3n) is 5.70. The lowest BCUT2D eigenvalue weighted by atomic mass is 9.92. The molecule has 3 aromatic rings. The van der Waals surface area contributed by atoms with E-state index >= 15 is 0 Å². The number of hydrogen-bond donors (Lipinski definition) is 0. The van der Waals surface area contributed by atoms with Crippen LogP contribution in [0.25, 0.3) is 22.1 Å². The number of anilines is 1. The second kappa shape index (κ2) is 6.23. The van der Waals surface area contributed by atoms with Gasteiger partial charge in [-0.05, 0) is 49.6 Å². The number of hydrogen-bond acceptors (Lipinski definition) is 4. The molecule has 27 heavy (non-hydrogen) atoms. The van der Waals surface area contributed by atoms with Gasteiger partial charge in [0.2, 0.25) is 5.71 Å². The Morgan fingerprint density at radius 3 is 2.56 bits per heavy atom. The lowest BCUT2D eigenvalue weighted by Gasteiger charge is -2.37. The molecule has 3 heterocycles. The average Bonchev–Trinajstić information content (AvgIpc) is 3.11. The molecule has 0 saturated carbocycles. The number of ether oxygens (including phenoxy) is 1. The van der Waals surface area contributed by atoms with Crippen LogP contribution in [0.5, 0.6) is 0 Å². The molecule has 0 aliphatic carbocycles. The van der Waals surface area contributed by atoms with Crippen LogP contribution in [0.2, 0.25) is 0 Å². The van der Waals surface area contributed by atoms with Crippen molar-refractivity contribution in [3.8, 4) is 0 Å². The third-order valence-corrected chi connectivity index (χ3v) is 5.70. The number of pyridine rings is 1. The first kappa shape index (κ1) is 18.3. The molecule has 4 heteroatoms. The number of aryl methyl sites for hydroxylation is 1. The number of nitrogens with zero attached hydrogens (tertiary/aromatic N) is 2. The van der Waals surface area contributed by atoms with Crippen molar-refractivity contribution in [3.05, 3.63) is 36.0 Å². The summed E-state index contributed by atoms with van der Waals surface area (Å²) in [5.41, 5.74) is 4.03. The Kier molecular flexibility index (Phi) is 4.22. The second-order valence-electron chi connectivity index (χ2n) is 9.30. The molecule has 2 unspecified atom stereocenters. The SMILES string of the molecule is Cc1cc2oc3ncccc3c2cc1N1C(C(C)(C)C)OC(C(C)C)[C@@H]1C. The molecule has 1 aliphatic heterocycles. The maximum atomic E-state index is 6.59. The van der Waals surface area contributed by atoms with E-state index in [1.165, 1.54) is 11.3 Å². The minimum absolute atomic E-state index is 0.0132. The van der Waals surface area contributed by atoms with Crippen LogP contribution < -0.4 is 4.90 Å². The zero-order valence-electron chi connectivity index (χ0n) is 17.4. The minimum Gasteiger partial charge on any atom is -0.438 e. The number of benzene rings is 1. The summed E-state index contributed by atoms with van der Waals surface area (Å²) in [6.45, 7) is 15.7. The molecular weight excluding hydrogens is 336 g/mol. The molecule has 0 bridgehead atoms. The average molecular weight is 367 g/mol. The van der Waals surface area contributed by atoms with E-state index in [1.54, 1.807) is 6.20 Å². The Hall–Kier alpha value is -2.07. The van der Waals surface area contributed by atoms with Gasteiger partial charge in [0.1, 0.15) is 11.8 Å². The monoisotopic (exact) mass is 366 g/mol. The standard InChI is InChI=1S/C23H30N2O2/c1-13(2)20-15(4)25(22(27-20)23(5,6)7)18-12-17-16-9-8-10-24-21(16)26-19(17)11-14(18)3/h8-13,15,20,22H,1-7H3/t15-,20?,22?/m0/s1. The van der Waals surface area contributed by atoms with Gasteiger partial charge in [0.05, 0.1) is 12.1 Å². The molecule has 3 atom stereocenters. The van der Waals surface area contributed by atoms with Crippen LogP contribution in [0.4, 0.5) is 5.69 Å². The highest BCUT2D eigenvalue weighted by molar-refractivity contribution is 6.05. The van der Waals surface area contributed by atoms with Crippen LogP contribution in [-0.4, -0.2) is 23.4 Å². The molecule has 0 spiro atoms. The summed E-state index contributed by atoms with van der Waals surface area (Å²) in [7, 11) is 0. The number of furan rings is 1. The first-order valence-corrected chi connectivity index (χ1v) is 9.90. The number of aromatic nitrogens is 1. The van der Waals surface area contributed by atoms with Gasteiger partial charge < -0.3 is 14.1 Å². The molecule has 1 aliphatic rings. The van der Waals surface area contributed by atoms with Crippen LogP contribution >= 0.6 is 0 Å². The lowest BCUT2D eigenvalue weighted by molar-refractivity contribution is -0.0335. The van der Waals surface area contributed by atoms with Crippen molar-refractivity contribution in [2.24, 2.45) is 11.3 Å². The largest absolute Gasteiger partial charge is 0.438 e. The first-order valence-electron chi connectivity index (χ1n) is 9.90. The molecule has 2 aromatic heterocycles. The fraction of sp³-hybridized carbons (Fsp3) is 0.522. The third kappa shape index (κ3) is 2.91. The van der Waals surface area contributed by atoms with Crippen molar-refractivity contribution in [1.82, 2.24) is 4.98 Å². The predicted octanol–water partition coefficient (Wildman–Crippen LogP) is 5.91. The molecule has 4 nitrogen and oxygen atoms in total. The summed E-state index contributed by atoms with van der Waals surface area (Å²) < 4.78 is 12.6. The van der Waals surface area contributed by atoms with E-state index in [2.05, 4.69) is 76.5 Å². The molecule has 0 N–H and O–H groups in total. The quantitative estimate of drug-likeness (QED) is 0.565. The van der Waals surface area contributed by atoms with Gasteiger partial charge >= 0.3 is 0 Å². The van der Waals surface area contributed by atoms with E-state index in [4.69, 9.17) is 9.15 Å². The summed E-state index contributed by atoms with van der Waals surface area (Å²) in [5.74, 6) is 0.470.